The van der Waals surface area contributed by atoms with E-state index in [1.807, 2.05) is 10.6 Å². The smallest absolute Gasteiger partial charge is 0.208 e. The summed E-state index contributed by atoms with van der Waals surface area (Å²) in [5, 5.41) is 9.05. The first-order chi connectivity index (χ1) is 9.42. The van der Waals surface area contributed by atoms with Gasteiger partial charge in [-0.1, -0.05) is 6.07 Å². The molecule has 0 unspecified atom stereocenters. The zero-order valence-electron chi connectivity index (χ0n) is 10.9. The fourth-order valence-corrected chi connectivity index (χ4v) is 2.80. The molecule has 0 aliphatic heterocycles. The van der Waals surface area contributed by atoms with E-state index in [0.29, 0.717) is 29.8 Å². The molecular weight excluding hydrogens is 296 g/mol. The highest BCUT2D eigenvalue weighted by atomic mass is 32.2. The topological polar surface area (TPSA) is 90.7 Å². The molecule has 0 bridgehead atoms. The monoisotopic (exact) mass is 310 g/mol. The number of aromatic amines is 1. The first kappa shape index (κ1) is 14.7. The molecule has 0 radical (unpaired) electrons. The van der Waals surface area contributed by atoms with Crippen LogP contribution in [-0.4, -0.2) is 30.8 Å². The Balaban J connectivity index is 2.21. The van der Waals surface area contributed by atoms with Crippen molar-refractivity contribution in [2.75, 3.05) is 12.8 Å². The van der Waals surface area contributed by atoms with Crippen molar-refractivity contribution in [1.29, 1.82) is 5.26 Å². The predicted molar refractivity (Wildman–Crippen MR) is 79.3 cm³/mol. The van der Waals surface area contributed by atoms with E-state index in [1.165, 1.54) is 0 Å². The summed E-state index contributed by atoms with van der Waals surface area (Å²) in [4.78, 5) is 3.02. The average Bonchev–Trinajstić information content (AvgIpc) is 2.69. The Kier molecular flexibility index (Phi) is 4.23. The zero-order chi connectivity index (χ0) is 14.8. The first-order valence-corrected chi connectivity index (χ1v) is 8.28. The number of aryl methyl sites for hydroxylation is 1. The molecule has 0 spiro atoms. The summed E-state index contributed by atoms with van der Waals surface area (Å²) in [7, 11) is -3.16. The van der Waals surface area contributed by atoms with Crippen molar-refractivity contribution in [2.45, 2.75) is 13.0 Å². The summed E-state index contributed by atoms with van der Waals surface area (Å²) < 4.78 is 26.8. The molecule has 0 aliphatic rings. The van der Waals surface area contributed by atoms with Crippen molar-refractivity contribution >= 4 is 33.3 Å². The van der Waals surface area contributed by atoms with E-state index in [0.717, 1.165) is 17.3 Å². The minimum absolute atomic E-state index is 0.352. The van der Waals surface area contributed by atoms with Gasteiger partial charge in [0.05, 0.1) is 22.9 Å². The van der Waals surface area contributed by atoms with Gasteiger partial charge in [0, 0.05) is 13.1 Å². The number of H-pyrrole nitrogens is 1. The molecule has 106 valence electrons. The molecule has 6 nitrogen and oxygen atoms in total. The fourth-order valence-electron chi connectivity index (χ4n) is 1.99. The highest BCUT2D eigenvalue weighted by Crippen LogP contribution is 2.18. The largest absolute Gasteiger partial charge is 0.329 e. The Hall–Kier alpha value is -1.69. The summed E-state index contributed by atoms with van der Waals surface area (Å²) >= 11 is 5.24. The molecule has 0 amide bonds. The molecule has 0 fully saturated rings. The van der Waals surface area contributed by atoms with Crippen molar-refractivity contribution in [2.24, 2.45) is 0 Å². The lowest BCUT2D eigenvalue weighted by atomic mass is 10.2. The van der Waals surface area contributed by atoms with Crippen molar-refractivity contribution in [1.82, 2.24) is 14.3 Å². The van der Waals surface area contributed by atoms with E-state index < -0.39 is 10.0 Å². The van der Waals surface area contributed by atoms with E-state index in [-0.39, 0.29) is 0 Å². The molecule has 2 aromatic rings. The molecule has 2 N–H and O–H groups in total. The number of hydrogen-bond acceptors (Lipinski definition) is 4. The standard InChI is InChI=1S/C12H14N4O2S2/c1-20(17,18)14-6-3-7-16-10-5-2-4-9(8-13)11(10)15-12(16)19/h2,4-5,14H,3,6-7H2,1H3,(H,15,19). The maximum Gasteiger partial charge on any atom is 0.208 e. The maximum atomic E-state index is 11.0. The predicted octanol–water partition coefficient (Wildman–Crippen LogP) is 1.51. The lowest BCUT2D eigenvalue weighted by Crippen LogP contribution is -2.23. The number of nitriles is 1. The molecule has 1 heterocycles. The number of aromatic nitrogens is 2. The summed E-state index contributed by atoms with van der Waals surface area (Å²) in [6, 6.07) is 7.52. The third-order valence-electron chi connectivity index (χ3n) is 2.85. The Morgan fingerprint density at radius 3 is 2.90 bits per heavy atom. The Bertz CT molecular complexity index is 827. The van der Waals surface area contributed by atoms with Gasteiger partial charge in [0.2, 0.25) is 10.0 Å². The zero-order valence-corrected chi connectivity index (χ0v) is 12.5. The van der Waals surface area contributed by atoms with Gasteiger partial charge in [-0.25, -0.2) is 13.1 Å². The van der Waals surface area contributed by atoms with E-state index in [2.05, 4.69) is 15.8 Å². The minimum Gasteiger partial charge on any atom is -0.329 e. The Labute approximate surface area is 122 Å². The number of para-hydroxylation sites is 1. The molecule has 0 aliphatic carbocycles. The van der Waals surface area contributed by atoms with Gasteiger partial charge < -0.3 is 9.55 Å². The molecular formula is C12H14N4O2S2. The minimum atomic E-state index is -3.16. The highest BCUT2D eigenvalue weighted by molar-refractivity contribution is 7.88. The first-order valence-electron chi connectivity index (χ1n) is 5.98. The van der Waals surface area contributed by atoms with Crippen molar-refractivity contribution in [3.05, 3.63) is 28.5 Å². The van der Waals surface area contributed by atoms with Gasteiger partial charge in [0.15, 0.2) is 4.77 Å². The van der Waals surface area contributed by atoms with Crippen LogP contribution in [-0.2, 0) is 16.6 Å². The van der Waals surface area contributed by atoms with Crippen LogP contribution in [0.15, 0.2) is 18.2 Å². The molecule has 0 atom stereocenters. The maximum absolute atomic E-state index is 11.0. The van der Waals surface area contributed by atoms with Crippen LogP contribution in [0, 0.1) is 16.1 Å². The second kappa shape index (κ2) is 5.75. The van der Waals surface area contributed by atoms with E-state index in [9.17, 15) is 8.42 Å². The van der Waals surface area contributed by atoms with Crippen molar-refractivity contribution in [3.63, 3.8) is 0 Å². The summed E-state index contributed by atoms with van der Waals surface area (Å²) in [5.41, 5.74) is 2.12. The molecule has 2 rings (SSSR count). The van der Waals surface area contributed by atoms with E-state index in [1.54, 1.807) is 12.1 Å². The number of nitrogens with zero attached hydrogens (tertiary/aromatic N) is 2. The van der Waals surface area contributed by atoms with Gasteiger partial charge in [-0.15, -0.1) is 0 Å². The van der Waals surface area contributed by atoms with Crippen LogP contribution in [0.3, 0.4) is 0 Å². The summed E-state index contributed by atoms with van der Waals surface area (Å²) in [6.45, 7) is 0.932. The molecule has 0 saturated carbocycles. The van der Waals surface area contributed by atoms with Gasteiger partial charge in [-0.05, 0) is 30.8 Å². The van der Waals surface area contributed by atoms with Gasteiger partial charge in [0.25, 0.3) is 0 Å². The summed E-state index contributed by atoms with van der Waals surface area (Å²) in [6.07, 6.45) is 1.74. The third-order valence-corrected chi connectivity index (χ3v) is 3.90. The molecule has 1 aromatic heterocycles. The number of benzene rings is 1. The second-order valence-corrected chi connectivity index (χ2v) is 6.63. The summed E-state index contributed by atoms with van der Waals surface area (Å²) in [5.74, 6) is 0. The molecule has 8 heteroatoms. The van der Waals surface area contributed by atoms with Gasteiger partial charge in [-0.3, -0.25) is 0 Å². The van der Waals surface area contributed by atoms with Crippen molar-refractivity contribution in [3.8, 4) is 6.07 Å². The normalized spacial score (nSPS) is 11.6. The lowest BCUT2D eigenvalue weighted by Gasteiger charge is -2.05. The highest BCUT2D eigenvalue weighted by Gasteiger charge is 2.08. The number of imidazole rings is 1. The second-order valence-electron chi connectivity index (χ2n) is 4.41. The van der Waals surface area contributed by atoms with Gasteiger partial charge in [-0.2, -0.15) is 5.26 Å². The van der Waals surface area contributed by atoms with E-state index >= 15 is 0 Å². The number of rotatable bonds is 5. The van der Waals surface area contributed by atoms with Crippen molar-refractivity contribution < 1.29 is 8.42 Å². The molecule has 0 saturated heterocycles. The van der Waals surface area contributed by atoms with Gasteiger partial charge in [0.1, 0.15) is 6.07 Å². The van der Waals surface area contributed by atoms with E-state index in [4.69, 9.17) is 17.5 Å². The third kappa shape index (κ3) is 3.25. The number of hydrogen-bond donors (Lipinski definition) is 2. The van der Waals surface area contributed by atoms with Crippen LogP contribution in [0.5, 0.6) is 0 Å². The van der Waals surface area contributed by atoms with Crippen LogP contribution in [0.1, 0.15) is 12.0 Å². The van der Waals surface area contributed by atoms with Crippen LogP contribution < -0.4 is 4.72 Å². The Morgan fingerprint density at radius 2 is 2.25 bits per heavy atom. The average molecular weight is 310 g/mol. The van der Waals surface area contributed by atoms with Crippen LogP contribution >= 0.6 is 12.2 Å². The fraction of sp³-hybridized carbons (Fsp3) is 0.333. The number of fused-ring (bicyclic) bond motifs is 1. The van der Waals surface area contributed by atoms with Gasteiger partial charge >= 0.3 is 0 Å². The Morgan fingerprint density at radius 1 is 1.50 bits per heavy atom. The van der Waals surface area contributed by atoms with Crippen LogP contribution in [0.4, 0.5) is 0 Å². The SMILES string of the molecule is CS(=O)(=O)NCCCn1c(=S)[nH]c2c(C#N)cccc21. The molecule has 20 heavy (non-hydrogen) atoms. The number of sulfonamides is 1. The molecule has 1 aromatic carbocycles. The lowest BCUT2D eigenvalue weighted by molar-refractivity contribution is 0.576. The van der Waals surface area contributed by atoms with Crippen LogP contribution in [0.25, 0.3) is 11.0 Å². The quantitative estimate of drug-likeness (QED) is 0.647. The number of nitrogens with one attached hydrogen (secondary N) is 2. The van der Waals surface area contributed by atoms with Crippen LogP contribution in [0.2, 0.25) is 0 Å².